The fourth-order valence-electron chi connectivity index (χ4n) is 1.45. The van der Waals surface area contributed by atoms with Crippen LogP contribution < -0.4 is 5.73 Å². The standard InChI is InChI=1S/C10H9N5OS/c1-15-4-2-7(13-15)9-12-10(16-14-9)8-6(11)3-5-17-8/h2-5H,11H2,1H3. The van der Waals surface area contributed by atoms with E-state index in [0.717, 1.165) is 4.88 Å². The molecule has 0 radical (unpaired) electrons. The molecule has 3 rings (SSSR count). The second-order valence-electron chi connectivity index (χ2n) is 3.50. The maximum Gasteiger partial charge on any atom is 0.270 e. The smallest absolute Gasteiger partial charge is 0.270 e. The number of hydrogen-bond donors (Lipinski definition) is 1. The quantitative estimate of drug-likeness (QED) is 0.746. The highest BCUT2D eigenvalue weighted by molar-refractivity contribution is 7.14. The van der Waals surface area contributed by atoms with Crippen LogP contribution in [0.5, 0.6) is 0 Å². The van der Waals surface area contributed by atoms with Crippen molar-refractivity contribution in [2.75, 3.05) is 5.73 Å². The summed E-state index contributed by atoms with van der Waals surface area (Å²) in [6.45, 7) is 0. The number of anilines is 1. The first-order chi connectivity index (χ1) is 8.24. The van der Waals surface area contributed by atoms with Crippen molar-refractivity contribution in [3.05, 3.63) is 23.7 Å². The van der Waals surface area contributed by atoms with Crippen LogP contribution in [0.3, 0.4) is 0 Å². The van der Waals surface area contributed by atoms with Gasteiger partial charge in [-0.3, -0.25) is 4.68 Å². The van der Waals surface area contributed by atoms with Gasteiger partial charge in [-0.15, -0.1) is 11.3 Å². The second-order valence-corrected chi connectivity index (χ2v) is 4.42. The minimum Gasteiger partial charge on any atom is -0.397 e. The second kappa shape index (κ2) is 3.70. The molecule has 0 aromatic carbocycles. The normalized spacial score (nSPS) is 10.9. The van der Waals surface area contributed by atoms with Gasteiger partial charge >= 0.3 is 0 Å². The molecule has 0 saturated carbocycles. The van der Waals surface area contributed by atoms with E-state index in [0.29, 0.717) is 23.1 Å². The molecule has 17 heavy (non-hydrogen) atoms. The van der Waals surface area contributed by atoms with Crippen LogP contribution in [0.2, 0.25) is 0 Å². The Labute approximate surface area is 101 Å². The molecular formula is C10H9N5OS. The number of aromatic nitrogens is 4. The summed E-state index contributed by atoms with van der Waals surface area (Å²) in [4.78, 5) is 5.07. The number of nitrogen functional groups attached to an aromatic ring is 1. The maximum atomic E-state index is 5.79. The lowest BCUT2D eigenvalue weighted by atomic mass is 10.4. The van der Waals surface area contributed by atoms with Gasteiger partial charge in [0.05, 0.1) is 5.69 Å². The first kappa shape index (κ1) is 10.0. The molecule has 0 aliphatic heterocycles. The first-order valence-corrected chi connectivity index (χ1v) is 5.79. The Morgan fingerprint density at radius 2 is 2.29 bits per heavy atom. The van der Waals surface area contributed by atoms with Gasteiger partial charge < -0.3 is 10.3 Å². The highest BCUT2D eigenvalue weighted by Gasteiger charge is 2.15. The molecule has 3 aromatic heterocycles. The minimum absolute atomic E-state index is 0.429. The Kier molecular flexibility index (Phi) is 2.19. The monoisotopic (exact) mass is 247 g/mol. The molecule has 3 aromatic rings. The van der Waals surface area contributed by atoms with Gasteiger partial charge in [0, 0.05) is 13.2 Å². The van der Waals surface area contributed by atoms with Crippen molar-refractivity contribution >= 4 is 17.0 Å². The first-order valence-electron chi connectivity index (χ1n) is 4.91. The molecule has 0 atom stereocenters. The Hall–Kier alpha value is -2.15. The predicted octanol–water partition coefficient (Wildman–Crippen LogP) is 1.78. The third kappa shape index (κ3) is 1.70. The largest absolute Gasteiger partial charge is 0.397 e. The van der Waals surface area contributed by atoms with E-state index in [1.807, 2.05) is 30.8 Å². The number of nitrogens with zero attached hydrogens (tertiary/aromatic N) is 4. The lowest BCUT2D eigenvalue weighted by Gasteiger charge is -1.88. The molecule has 0 spiro atoms. The zero-order valence-corrected chi connectivity index (χ0v) is 9.81. The third-order valence-electron chi connectivity index (χ3n) is 2.26. The highest BCUT2D eigenvalue weighted by atomic mass is 32.1. The minimum atomic E-state index is 0.429. The number of aryl methyl sites for hydroxylation is 1. The van der Waals surface area contributed by atoms with Crippen molar-refractivity contribution in [3.8, 4) is 22.3 Å². The van der Waals surface area contributed by atoms with Crippen LogP contribution in [0.15, 0.2) is 28.2 Å². The lowest BCUT2D eigenvalue weighted by molar-refractivity contribution is 0.433. The molecular weight excluding hydrogens is 238 g/mol. The number of rotatable bonds is 2. The Morgan fingerprint density at radius 1 is 1.41 bits per heavy atom. The van der Waals surface area contributed by atoms with E-state index in [-0.39, 0.29) is 0 Å². The van der Waals surface area contributed by atoms with Crippen LogP contribution in [0.1, 0.15) is 0 Å². The van der Waals surface area contributed by atoms with E-state index in [4.69, 9.17) is 10.3 Å². The number of hydrogen-bond acceptors (Lipinski definition) is 6. The molecule has 7 heteroatoms. The molecule has 0 unspecified atom stereocenters. The van der Waals surface area contributed by atoms with E-state index >= 15 is 0 Å². The van der Waals surface area contributed by atoms with Gasteiger partial charge in [-0.05, 0) is 17.5 Å². The van der Waals surface area contributed by atoms with E-state index in [2.05, 4.69) is 15.2 Å². The van der Waals surface area contributed by atoms with Crippen molar-refractivity contribution in [1.82, 2.24) is 19.9 Å². The molecule has 0 saturated heterocycles. The van der Waals surface area contributed by atoms with E-state index in [1.165, 1.54) is 11.3 Å². The summed E-state index contributed by atoms with van der Waals surface area (Å²) < 4.78 is 6.86. The van der Waals surface area contributed by atoms with Crippen molar-refractivity contribution in [2.45, 2.75) is 0 Å². The number of nitrogens with two attached hydrogens (primary N) is 1. The molecule has 0 aliphatic rings. The van der Waals surface area contributed by atoms with Crippen LogP contribution in [0.25, 0.3) is 22.3 Å². The summed E-state index contributed by atoms with van der Waals surface area (Å²) in [5, 5.41) is 9.97. The van der Waals surface area contributed by atoms with Crippen LogP contribution >= 0.6 is 11.3 Å². The topological polar surface area (TPSA) is 82.8 Å². The summed E-state index contributed by atoms with van der Waals surface area (Å²) >= 11 is 1.47. The fraction of sp³-hybridized carbons (Fsp3) is 0.100. The van der Waals surface area contributed by atoms with Crippen molar-refractivity contribution in [2.24, 2.45) is 7.05 Å². The van der Waals surface area contributed by atoms with Crippen LogP contribution in [-0.2, 0) is 7.05 Å². The van der Waals surface area contributed by atoms with Gasteiger partial charge in [-0.2, -0.15) is 10.1 Å². The van der Waals surface area contributed by atoms with Crippen molar-refractivity contribution in [1.29, 1.82) is 0 Å². The zero-order chi connectivity index (χ0) is 11.8. The van der Waals surface area contributed by atoms with Crippen molar-refractivity contribution in [3.63, 3.8) is 0 Å². The highest BCUT2D eigenvalue weighted by Crippen LogP contribution is 2.31. The van der Waals surface area contributed by atoms with Gasteiger partial charge in [-0.1, -0.05) is 5.16 Å². The third-order valence-corrected chi connectivity index (χ3v) is 3.18. The van der Waals surface area contributed by atoms with Gasteiger partial charge in [-0.25, -0.2) is 0 Å². The van der Waals surface area contributed by atoms with Crippen LogP contribution in [-0.4, -0.2) is 19.9 Å². The maximum absolute atomic E-state index is 5.79. The van der Waals surface area contributed by atoms with Gasteiger partial charge in [0.2, 0.25) is 5.82 Å². The van der Waals surface area contributed by atoms with E-state index < -0.39 is 0 Å². The fourth-order valence-corrected chi connectivity index (χ4v) is 2.19. The summed E-state index contributed by atoms with van der Waals surface area (Å²) in [6, 6.07) is 3.64. The summed E-state index contributed by atoms with van der Waals surface area (Å²) in [5.74, 6) is 0.895. The zero-order valence-electron chi connectivity index (χ0n) is 8.99. The molecule has 2 N–H and O–H groups in total. The Bertz CT molecular complexity index is 653. The average molecular weight is 247 g/mol. The van der Waals surface area contributed by atoms with E-state index in [9.17, 15) is 0 Å². The Balaban J connectivity index is 2.01. The molecule has 0 fully saturated rings. The Morgan fingerprint density at radius 3 is 2.94 bits per heavy atom. The summed E-state index contributed by atoms with van der Waals surface area (Å²) in [5.41, 5.74) is 7.11. The SMILES string of the molecule is Cn1ccc(-c2noc(-c3sccc3N)n2)n1. The molecule has 0 aliphatic carbocycles. The summed E-state index contributed by atoms with van der Waals surface area (Å²) in [6.07, 6.45) is 1.82. The van der Waals surface area contributed by atoms with E-state index in [1.54, 1.807) is 4.68 Å². The molecule has 6 nitrogen and oxygen atoms in total. The molecule has 86 valence electrons. The van der Waals surface area contributed by atoms with Crippen LogP contribution in [0.4, 0.5) is 5.69 Å². The summed E-state index contributed by atoms with van der Waals surface area (Å²) in [7, 11) is 1.84. The lowest BCUT2D eigenvalue weighted by Crippen LogP contribution is -1.89. The van der Waals surface area contributed by atoms with Gasteiger partial charge in [0.1, 0.15) is 10.6 Å². The molecule has 0 amide bonds. The number of thiophene rings is 1. The predicted molar refractivity (Wildman–Crippen MR) is 64.2 cm³/mol. The van der Waals surface area contributed by atoms with Crippen molar-refractivity contribution < 1.29 is 4.52 Å². The average Bonchev–Trinajstić information content (AvgIpc) is 2.97. The van der Waals surface area contributed by atoms with Gasteiger partial charge in [0.15, 0.2) is 0 Å². The molecule has 3 heterocycles. The molecule has 0 bridgehead atoms. The van der Waals surface area contributed by atoms with Crippen LogP contribution in [0, 0.1) is 0 Å². The van der Waals surface area contributed by atoms with Gasteiger partial charge in [0.25, 0.3) is 5.89 Å².